The molecule has 1 rings (SSSR count). The van der Waals surface area contributed by atoms with Gasteiger partial charge in [-0.2, -0.15) is 5.26 Å². The number of rotatable bonds is 5. The Morgan fingerprint density at radius 2 is 2.05 bits per heavy atom. The molecule has 0 aromatic heterocycles. The molecule has 1 N–H and O–H groups in total. The molecule has 0 fully saturated rings. The molecule has 5 heteroatoms. The number of carbonyl (C=O) groups is 1. The van der Waals surface area contributed by atoms with E-state index in [0.717, 1.165) is 0 Å². The Bertz CT molecular complexity index is 511. The Morgan fingerprint density at radius 1 is 1.42 bits per heavy atom. The van der Waals surface area contributed by atoms with Crippen molar-refractivity contribution in [3.8, 4) is 24.2 Å². The Balaban J connectivity index is 2.67. The third-order valence-corrected chi connectivity index (χ3v) is 2.31. The lowest BCUT2D eigenvalue weighted by molar-refractivity contribution is 0.0377. The highest BCUT2D eigenvalue weighted by Crippen LogP contribution is 2.11. The summed E-state index contributed by atoms with van der Waals surface area (Å²) < 4.78 is 10.1. The number of nitriles is 1. The van der Waals surface area contributed by atoms with Gasteiger partial charge in [-0.3, -0.25) is 4.79 Å². The number of hydrogen-bond acceptors (Lipinski definition) is 4. The first-order chi connectivity index (χ1) is 9.10. The van der Waals surface area contributed by atoms with Crippen LogP contribution >= 0.6 is 0 Å². The van der Waals surface area contributed by atoms with E-state index in [1.165, 1.54) is 7.11 Å². The number of amides is 1. The van der Waals surface area contributed by atoms with Gasteiger partial charge >= 0.3 is 0 Å². The van der Waals surface area contributed by atoms with Crippen LogP contribution in [0.3, 0.4) is 0 Å². The van der Waals surface area contributed by atoms with Crippen LogP contribution in [0.25, 0.3) is 0 Å². The molecule has 0 saturated heterocycles. The number of carbonyl (C=O) groups excluding carboxylic acids is 1. The minimum atomic E-state index is -1.08. The molecule has 0 radical (unpaired) electrons. The predicted molar refractivity (Wildman–Crippen MR) is 69.2 cm³/mol. The Hall–Kier alpha value is -2.50. The van der Waals surface area contributed by atoms with Crippen molar-refractivity contribution in [3.05, 3.63) is 29.8 Å². The van der Waals surface area contributed by atoms with Crippen molar-refractivity contribution in [1.29, 1.82) is 5.26 Å². The molecule has 5 nitrogen and oxygen atoms in total. The molecular weight excluding hydrogens is 244 g/mol. The van der Waals surface area contributed by atoms with Gasteiger partial charge in [-0.15, -0.1) is 6.42 Å². The van der Waals surface area contributed by atoms with E-state index in [0.29, 0.717) is 11.3 Å². The maximum absolute atomic E-state index is 11.8. The summed E-state index contributed by atoms with van der Waals surface area (Å²) in [5.41, 5.74) is 0.401. The summed E-state index contributed by atoms with van der Waals surface area (Å²) in [6.45, 7) is 1.61. The average molecular weight is 258 g/mol. The van der Waals surface area contributed by atoms with Gasteiger partial charge in [0, 0.05) is 5.56 Å². The number of terminal acetylenes is 1. The smallest absolute Gasteiger partial charge is 0.254 e. The van der Waals surface area contributed by atoms with E-state index < -0.39 is 18.2 Å². The minimum absolute atomic E-state index is 0.401. The van der Waals surface area contributed by atoms with Gasteiger partial charge in [-0.25, -0.2) is 0 Å². The van der Waals surface area contributed by atoms with Crippen LogP contribution in [0.15, 0.2) is 24.3 Å². The zero-order valence-electron chi connectivity index (χ0n) is 10.7. The normalized spacial score (nSPS) is 12.6. The Morgan fingerprint density at radius 3 is 2.53 bits per heavy atom. The third-order valence-electron chi connectivity index (χ3n) is 2.31. The molecule has 98 valence electrons. The van der Waals surface area contributed by atoms with Gasteiger partial charge < -0.3 is 14.8 Å². The second kappa shape index (κ2) is 7.05. The zero-order valence-corrected chi connectivity index (χ0v) is 10.7. The third kappa shape index (κ3) is 4.34. The molecule has 2 atom stereocenters. The summed E-state index contributed by atoms with van der Waals surface area (Å²) in [6.07, 6.45) is 3.50. The molecule has 0 heterocycles. The van der Waals surface area contributed by atoms with Gasteiger partial charge in [0.05, 0.1) is 7.11 Å². The van der Waals surface area contributed by atoms with Gasteiger partial charge in [0.1, 0.15) is 17.9 Å². The summed E-state index contributed by atoms with van der Waals surface area (Å²) >= 11 is 0. The van der Waals surface area contributed by atoms with Crippen molar-refractivity contribution in [2.45, 2.75) is 19.3 Å². The van der Waals surface area contributed by atoms with Crippen LogP contribution in [0.5, 0.6) is 5.75 Å². The topological polar surface area (TPSA) is 71.3 Å². The second-order valence-electron chi connectivity index (χ2n) is 3.66. The van der Waals surface area contributed by atoms with Gasteiger partial charge in [0.15, 0.2) is 0 Å². The number of benzene rings is 1. The molecule has 0 aliphatic heterocycles. The fourth-order valence-corrected chi connectivity index (χ4v) is 1.28. The van der Waals surface area contributed by atoms with Crippen LogP contribution in [-0.2, 0) is 4.74 Å². The second-order valence-corrected chi connectivity index (χ2v) is 3.66. The van der Waals surface area contributed by atoms with E-state index in [4.69, 9.17) is 21.2 Å². The number of nitrogens with zero attached hydrogens (tertiary/aromatic N) is 1. The van der Waals surface area contributed by atoms with Gasteiger partial charge in [-0.05, 0) is 31.2 Å². The Labute approximate surface area is 112 Å². The molecule has 0 bridgehead atoms. The van der Waals surface area contributed by atoms with Crippen LogP contribution in [0, 0.1) is 23.7 Å². The molecule has 1 aromatic carbocycles. The molecule has 0 aliphatic carbocycles. The van der Waals surface area contributed by atoms with E-state index in [2.05, 4.69) is 11.2 Å². The Kier molecular flexibility index (Phi) is 5.40. The molecule has 0 saturated carbocycles. The van der Waals surface area contributed by atoms with Crippen molar-refractivity contribution >= 4 is 5.91 Å². The maximum atomic E-state index is 11.8. The van der Waals surface area contributed by atoms with E-state index in [-0.39, 0.29) is 0 Å². The molecule has 1 aromatic rings. The average Bonchev–Trinajstić information content (AvgIpc) is 2.46. The lowest BCUT2D eigenvalue weighted by Crippen LogP contribution is -2.37. The van der Waals surface area contributed by atoms with Gasteiger partial charge in [0.25, 0.3) is 5.91 Å². The molecular formula is C14H14N2O3. The van der Waals surface area contributed by atoms with Crippen molar-refractivity contribution < 1.29 is 14.3 Å². The molecule has 1 unspecified atom stereocenters. The summed E-state index contributed by atoms with van der Waals surface area (Å²) in [6, 6.07) is 8.31. The lowest BCUT2D eigenvalue weighted by atomic mass is 10.2. The molecule has 0 aliphatic rings. The van der Waals surface area contributed by atoms with E-state index in [1.807, 2.05) is 6.07 Å². The summed E-state index contributed by atoms with van der Waals surface area (Å²) in [5, 5.41) is 11.3. The fraction of sp³-hybridized carbons (Fsp3) is 0.286. The highest BCUT2D eigenvalue weighted by Gasteiger charge is 2.15. The number of methoxy groups -OCH3 is 1. The first-order valence-electron chi connectivity index (χ1n) is 5.56. The number of nitrogens with one attached hydrogen (secondary N) is 1. The SMILES string of the molecule is C#C[C@@H](C)OC(C#N)NC(=O)c1ccc(OC)cc1. The molecule has 19 heavy (non-hydrogen) atoms. The van der Waals surface area contributed by atoms with Gasteiger partial charge in [-0.1, -0.05) is 5.92 Å². The summed E-state index contributed by atoms with van der Waals surface area (Å²) in [7, 11) is 1.54. The largest absolute Gasteiger partial charge is 0.497 e. The van der Waals surface area contributed by atoms with Crippen LogP contribution < -0.4 is 10.1 Å². The first kappa shape index (κ1) is 14.6. The molecule has 1 amide bonds. The maximum Gasteiger partial charge on any atom is 0.254 e. The van der Waals surface area contributed by atoms with E-state index >= 15 is 0 Å². The number of hydrogen-bond donors (Lipinski definition) is 1. The van der Waals surface area contributed by atoms with Crippen molar-refractivity contribution in [1.82, 2.24) is 5.32 Å². The predicted octanol–water partition coefficient (Wildman–Crippen LogP) is 1.31. The van der Waals surface area contributed by atoms with Crippen molar-refractivity contribution in [2.75, 3.05) is 7.11 Å². The van der Waals surface area contributed by atoms with Crippen LogP contribution in [0.4, 0.5) is 0 Å². The minimum Gasteiger partial charge on any atom is -0.497 e. The monoisotopic (exact) mass is 258 g/mol. The standard InChI is InChI=1S/C14H14N2O3/c1-4-10(2)19-13(9-15)16-14(17)11-5-7-12(18-3)8-6-11/h1,5-8,10,13H,2-3H3,(H,16,17)/t10-,13?/m1/s1. The van der Waals surface area contributed by atoms with Crippen molar-refractivity contribution in [3.63, 3.8) is 0 Å². The van der Waals surface area contributed by atoms with E-state index in [1.54, 1.807) is 31.2 Å². The number of ether oxygens (including phenoxy) is 2. The van der Waals surface area contributed by atoms with Crippen LogP contribution in [-0.4, -0.2) is 25.3 Å². The highest BCUT2D eigenvalue weighted by atomic mass is 16.5. The summed E-state index contributed by atoms with van der Waals surface area (Å²) in [4.78, 5) is 11.8. The molecule has 0 spiro atoms. The fourth-order valence-electron chi connectivity index (χ4n) is 1.28. The first-order valence-corrected chi connectivity index (χ1v) is 5.56. The quantitative estimate of drug-likeness (QED) is 0.638. The zero-order chi connectivity index (χ0) is 14.3. The highest BCUT2D eigenvalue weighted by molar-refractivity contribution is 5.94. The summed E-state index contributed by atoms with van der Waals surface area (Å²) in [5.74, 6) is 2.54. The van der Waals surface area contributed by atoms with Crippen LogP contribution in [0.1, 0.15) is 17.3 Å². The van der Waals surface area contributed by atoms with E-state index in [9.17, 15) is 4.79 Å². The van der Waals surface area contributed by atoms with Crippen LogP contribution in [0.2, 0.25) is 0 Å². The lowest BCUT2D eigenvalue weighted by Gasteiger charge is -2.14. The van der Waals surface area contributed by atoms with Crippen molar-refractivity contribution in [2.24, 2.45) is 0 Å². The van der Waals surface area contributed by atoms with Gasteiger partial charge in [0.2, 0.25) is 6.23 Å².